The van der Waals surface area contributed by atoms with E-state index >= 15 is 0 Å². The number of imidazole rings is 1. The maximum Gasteiger partial charge on any atom is 0.309 e. The molecule has 0 amide bonds. The molecule has 0 aliphatic rings. The highest BCUT2D eigenvalue weighted by atomic mass is 32.2. The first-order valence-electron chi connectivity index (χ1n) is 8.93. The minimum Gasteiger partial charge on any atom is -0.488 e. The van der Waals surface area contributed by atoms with Gasteiger partial charge in [0.25, 0.3) is 0 Å². The summed E-state index contributed by atoms with van der Waals surface area (Å²) in [6, 6.07) is 5.23. The molecule has 0 saturated carbocycles. The molecule has 26 heavy (non-hydrogen) atoms. The van der Waals surface area contributed by atoms with Crippen molar-refractivity contribution in [2.75, 3.05) is 24.2 Å². The topological polar surface area (TPSA) is 82.5 Å². The molecule has 1 aromatic carbocycles. The number of aryl methyl sites for hydroxylation is 1. The second kappa shape index (κ2) is 10.1. The Morgan fingerprint density at radius 2 is 2.08 bits per heavy atom. The number of hydrogen-bond donors (Lipinski definition) is 1. The van der Waals surface area contributed by atoms with E-state index in [1.807, 2.05) is 30.7 Å². The molecule has 0 fully saturated rings. The molecule has 0 spiro atoms. The number of nitrogens with zero attached hydrogens (tertiary/aromatic N) is 2. The van der Waals surface area contributed by atoms with Crippen molar-refractivity contribution in [2.45, 2.75) is 39.7 Å². The predicted octanol–water partition coefficient (Wildman–Crippen LogP) is 3.29. The fourth-order valence-electron chi connectivity index (χ4n) is 2.42. The van der Waals surface area contributed by atoms with Crippen LogP contribution in [0.2, 0.25) is 0 Å². The first kappa shape index (κ1) is 20.1. The molecule has 144 valence electrons. The van der Waals surface area contributed by atoms with E-state index in [1.54, 1.807) is 24.7 Å². The Hall–Kier alpha value is -2.22. The van der Waals surface area contributed by atoms with Crippen LogP contribution < -0.4 is 14.2 Å². The van der Waals surface area contributed by atoms with Crippen LogP contribution in [0.3, 0.4) is 0 Å². The molecule has 7 nitrogen and oxygen atoms in total. The van der Waals surface area contributed by atoms with Crippen LogP contribution in [0.25, 0.3) is 0 Å². The number of unbranched alkanes of at least 4 members (excludes halogenated alkanes) is 1. The number of ether oxygens (including phenoxy) is 1. The van der Waals surface area contributed by atoms with E-state index in [-0.39, 0.29) is 11.5 Å². The Labute approximate surface area is 155 Å². The van der Waals surface area contributed by atoms with Gasteiger partial charge in [-0.15, -0.1) is 0 Å². The summed E-state index contributed by atoms with van der Waals surface area (Å²) < 4.78 is 37.2. The van der Waals surface area contributed by atoms with Crippen molar-refractivity contribution < 1.29 is 17.3 Å². The first-order chi connectivity index (χ1) is 12.6. The molecule has 0 unspecified atom stereocenters. The van der Waals surface area contributed by atoms with Crippen LogP contribution in [-0.4, -0.2) is 36.9 Å². The lowest BCUT2D eigenvalue weighted by atomic mass is 10.2. The summed E-state index contributed by atoms with van der Waals surface area (Å²) in [5, 5.41) is 3.30. The smallest absolute Gasteiger partial charge is 0.309 e. The van der Waals surface area contributed by atoms with Crippen LogP contribution in [0.5, 0.6) is 11.5 Å². The Bertz CT molecular complexity index is 761. The highest BCUT2D eigenvalue weighted by molar-refractivity contribution is 7.87. The van der Waals surface area contributed by atoms with Crippen molar-refractivity contribution in [1.82, 2.24) is 9.55 Å². The SMILES string of the molecule is CCCCS(=O)(=O)Oc1cccc(NCCCn2ccnc2)c1OCC. The molecule has 0 aliphatic heterocycles. The van der Waals surface area contributed by atoms with E-state index in [1.165, 1.54) is 0 Å². The average molecular weight is 381 g/mol. The molecule has 1 heterocycles. The van der Waals surface area contributed by atoms with E-state index in [9.17, 15) is 8.42 Å². The summed E-state index contributed by atoms with van der Waals surface area (Å²) in [5.41, 5.74) is 0.723. The van der Waals surface area contributed by atoms with Gasteiger partial charge in [0.15, 0.2) is 11.5 Å². The van der Waals surface area contributed by atoms with Gasteiger partial charge < -0.3 is 18.8 Å². The largest absolute Gasteiger partial charge is 0.488 e. The number of nitrogens with one attached hydrogen (secondary N) is 1. The molecule has 2 rings (SSSR count). The predicted molar refractivity (Wildman–Crippen MR) is 102 cm³/mol. The number of rotatable bonds is 12. The molecule has 0 bridgehead atoms. The molecule has 0 atom stereocenters. The zero-order valence-corrected chi connectivity index (χ0v) is 16.2. The number of hydrogen-bond acceptors (Lipinski definition) is 6. The maximum absolute atomic E-state index is 12.1. The number of para-hydroxylation sites is 1. The summed E-state index contributed by atoms with van der Waals surface area (Å²) in [6.45, 7) is 5.77. The van der Waals surface area contributed by atoms with E-state index < -0.39 is 10.1 Å². The van der Waals surface area contributed by atoms with Gasteiger partial charge in [0, 0.05) is 25.5 Å². The average Bonchev–Trinajstić information content (AvgIpc) is 3.12. The summed E-state index contributed by atoms with van der Waals surface area (Å²) in [4.78, 5) is 4.01. The van der Waals surface area contributed by atoms with Gasteiger partial charge in [-0.2, -0.15) is 8.42 Å². The zero-order chi connectivity index (χ0) is 18.8. The summed E-state index contributed by atoms with van der Waals surface area (Å²) in [6.07, 6.45) is 7.70. The summed E-state index contributed by atoms with van der Waals surface area (Å²) >= 11 is 0. The van der Waals surface area contributed by atoms with Gasteiger partial charge in [0.2, 0.25) is 0 Å². The van der Waals surface area contributed by atoms with E-state index in [4.69, 9.17) is 8.92 Å². The van der Waals surface area contributed by atoms with Crippen molar-refractivity contribution in [3.05, 3.63) is 36.9 Å². The Morgan fingerprint density at radius 1 is 1.23 bits per heavy atom. The van der Waals surface area contributed by atoms with Gasteiger partial charge in [-0.3, -0.25) is 0 Å². The Morgan fingerprint density at radius 3 is 2.77 bits per heavy atom. The fourth-order valence-corrected chi connectivity index (χ4v) is 3.55. The maximum atomic E-state index is 12.1. The van der Waals surface area contributed by atoms with Crippen LogP contribution in [-0.2, 0) is 16.7 Å². The van der Waals surface area contributed by atoms with Gasteiger partial charge in [0.1, 0.15) is 0 Å². The number of benzene rings is 1. The van der Waals surface area contributed by atoms with Gasteiger partial charge in [-0.05, 0) is 31.9 Å². The quantitative estimate of drug-likeness (QED) is 0.449. The van der Waals surface area contributed by atoms with Crippen LogP contribution in [0.1, 0.15) is 33.1 Å². The Kier molecular flexibility index (Phi) is 7.77. The number of anilines is 1. The van der Waals surface area contributed by atoms with Gasteiger partial charge in [0.05, 0.1) is 24.4 Å². The van der Waals surface area contributed by atoms with E-state index in [0.717, 1.165) is 25.1 Å². The minimum absolute atomic E-state index is 0.00235. The highest BCUT2D eigenvalue weighted by Crippen LogP contribution is 2.36. The highest BCUT2D eigenvalue weighted by Gasteiger charge is 2.18. The van der Waals surface area contributed by atoms with Crippen molar-refractivity contribution >= 4 is 15.8 Å². The first-order valence-corrected chi connectivity index (χ1v) is 10.5. The molecule has 0 aliphatic carbocycles. The second-order valence-corrected chi connectivity index (χ2v) is 7.54. The van der Waals surface area contributed by atoms with Crippen LogP contribution in [0.4, 0.5) is 5.69 Å². The molecule has 0 saturated heterocycles. The molecule has 2 aromatic rings. The molecular weight excluding hydrogens is 354 g/mol. The lowest BCUT2D eigenvalue weighted by Gasteiger charge is -2.16. The normalized spacial score (nSPS) is 11.3. The molecular formula is C18H27N3O4S. The van der Waals surface area contributed by atoms with Gasteiger partial charge >= 0.3 is 10.1 Å². The molecule has 1 aromatic heterocycles. The third-order valence-corrected chi connectivity index (χ3v) is 4.92. The van der Waals surface area contributed by atoms with Crippen molar-refractivity contribution in [2.24, 2.45) is 0 Å². The van der Waals surface area contributed by atoms with E-state index in [0.29, 0.717) is 25.3 Å². The summed E-state index contributed by atoms with van der Waals surface area (Å²) in [7, 11) is -3.63. The molecule has 0 radical (unpaired) electrons. The van der Waals surface area contributed by atoms with Crippen LogP contribution in [0.15, 0.2) is 36.9 Å². The lowest BCUT2D eigenvalue weighted by Crippen LogP contribution is -2.15. The zero-order valence-electron chi connectivity index (χ0n) is 15.3. The third-order valence-electron chi connectivity index (χ3n) is 3.70. The fraction of sp³-hybridized carbons (Fsp3) is 0.500. The lowest BCUT2D eigenvalue weighted by molar-refractivity contribution is 0.329. The van der Waals surface area contributed by atoms with Crippen molar-refractivity contribution in [3.8, 4) is 11.5 Å². The van der Waals surface area contributed by atoms with Crippen molar-refractivity contribution in [1.29, 1.82) is 0 Å². The minimum atomic E-state index is -3.63. The van der Waals surface area contributed by atoms with E-state index in [2.05, 4.69) is 10.3 Å². The van der Waals surface area contributed by atoms with Gasteiger partial charge in [-0.1, -0.05) is 19.4 Å². The molecule has 1 N–H and O–H groups in total. The Balaban J connectivity index is 2.03. The third kappa shape index (κ3) is 6.25. The van der Waals surface area contributed by atoms with Crippen LogP contribution in [0, 0.1) is 0 Å². The van der Waals surface area contributed by atoms with Crippen molar-refractivity contribution in [3.63, 3.8) is 0 Å². The summed E-state index contributed by atoms with van der Waals surface area (Å²) in [5.74, 6) is 0.651. The molecule has 8 heteroatoms. The standard InChI is InChI=1S/C18H27N3O4S/c1-3-5-14-26(22,23)25-17-9-6-8-16(18(17)24-4-2)20-10-7-12-21-13-11-19-15-21/h6,8-9,11,13,15,20H,3-5,7,10,12,14H2,1-2H3. The monoisotopic (exact) mass is 381 g/mol. The van der Waals surface area contributed by atoms with Crippen LogP contribution >= 0.6 is 0 Å². The van der Waals surface area contributed by atoms with Gasteiger partial charge in [-0.25, -0.2) is 4.98 Å². The number of aromatic nitrogens is 2. The second-order valence-electron chi connectivity index (χ2n) is 5.85.